The van der Waals surface area contributed by atoms with Crippen LogP contribution in [-0.2, 0) is 66.9 Å². The zero-order chi connectivity index (χ0) is 61.1. The van der Waals surface area contributed by atoms with Crippen LogP contribution in [0.4, 0.5) is 5.69 Å². The summed E-state index contributed by atoms with van der Waals surface area (Å²) < 4.78 is 32.2. The molecular formula is C63H93ClN6O13. The summed E-state index contributed by atoms with van der Waals surface area (Å²) in [5.41, 5.74) is -0.138. The molecular weight excluding hydrogens is 1080 g/mol. The van der Waals surface area contributed by atoms with Crippen molar-refractivity contribution in [3.63, 3.8) is 0 Å². The SMILES string of the molecule is CO[C@]1(C)C[C@H](O[C@H]2[C@H](C)[C@@H](O[C@@H]3O[C@H](C)C[C@H](N(C)C)[C@H]3O)[C@](C)(O)C[C@@H](C)CN(C)C(=O)C[C@@H](Cc3ccc(NC(=O)[C@H](Cc4ccccc4Cl)NC(=O)Cc4ccccc4)cc3)NC(=O)[C@H](CC(C)C)NC(=O)[C@@H]2C)O[C@@H](C)[C@@H]1O. The molecule has 20 heteroatoms. The van der Waals surface area contributed by atoms with Gasteiger partial charge in [-0.05, 0) is 114 Å². The number of ether oxygens (including phenoxy) is 5. The van der Waals surface area contributed by atoms with Crippen LogP contribution in [0.3, 0.4) is 0 Å². The molecule has 17 atom stereocenters. The molecule has 0 radical (unpaired) electrons. The Bertz CT molecular complexity index is 2610. The van der Waals surface area contributed by atoms with Crippen molar-refractivity contribution < 1.29 is 63.0 Å². The number of anilines is 1. The number of aliphatic hydroxyl groups excluding tert-OH is 2. The number of carbonyl (C=O) groups is 5. The van der Waals surface area contributed by atoms with Crippen molar-refractivity contribution in [2.75, 3.05) is 40.1 Å². The first-order chi connectivity index (χ1) is 39.1. The summed E-state index contributed by atoms with van der Waals surface area (Å²) in [6.45, 7) is 16.5. The van der Waals surface area contributed by atoms with Gasteiger partial charge >= 0.3 is 0 Å². The summed E-state index contributed by atoms with van der Waals surface area (Å²) in [4.78, 5) is 75.0. The predicted octanol–water partition coefficient (Wildman–Crippen LogP) is 5.82. The first-order valence-electron chi connectivity index (χ1n) is 29.3. The van der Waals surface area contributed by atoms with Crippen LogP contribution in [0.25, 0.3) is 0 Å². The maximum atomic E-state index is 15.0. The lowest BCUT2D eigenvalue weighted by Gasteiger charge is -2.49. The second-order valence-electron chi connectivity index (χ2n) is 24.8. The fraction of sp³-hybridized carbons (Fsp3) is 0.635. The predicted molar refractivity (Wildman–Crippen MR) is 317 cm³/mol. The number of aliphatic hydroxyl groups is 3. The molecule has 3 aromatic carbocycles. The fourth-order valence-electron chi connectivity index (χ4n) is 12.1. The molecule has 3 fully saturated rings. The summed E-state index contributed by atoms with van der Waals surface area (Å²) in [6.07, 6.45) is -6.45. The van der Waals surface area contributed by atoms with E-state index in [-0.39, 0.29) is 87.3 Å². The van der Waals surface area contributed by atoms with Crippen molar-refractivity contribution in [1.29, 1.82) is 0 Å². The summed E-state index contributed by atoms with van der Waals surface area (Å²) in [5.74, 6) is -4.41. The molecule has 83 heavy (non-hydrogen) atoms. The lowest BCUT2D eigenvalue weighted by molar-refractivity contribution is -0.317. The molecule has 0 spiro atoms. The topological polar surface area (TPSA) is 247 Å². The Kier molecular flexibility index (Phi) is 24.1. The zero-order valence-corrected chi connectivity index (χ0v) is 51.6. The van der Waals surface area contributed by atoms with E-state index in [1.54, 1.807) is 89.0 Å². The number of rotatable bonds is 17. The third kappa shape index (κ3) is 18.5. The number of amides is 5. The van der Waals surface area contributed by atoms with Crippen LogP contribution in [0.5, 0.6) is 0 Å². The van der Waals surface area contributed by atoms with Crippen molar-refractivity contribution >= 4 is 46.8 Å². The Labute approximate surface area is 496 Å². The maximum Gasteiger partial charge on any atom is 0.247 e. The molecule has 0 aliphatic carbocycles. The minimum absolute atomic E-state index is 0.0724. The van der Waals surface area contributed by atoms with Gasteiger partial charge in [0.1, 0.15) is 24.3 Å². The van der Waals surface area contributed by atoms with E-state index < -0.39 is 102 Å². The van der Waals surface area contributed by atoms with Gasteiger partial charge in [-0.25, -0.2) is 0 Å². The Morgan fingerprint density at radius 2 is 1.54 bits per heavy atom. The third-order valence-electron chi connectivity index (χ3n) is 16.7. The van der Waals surface area contributed by atoms with Gasteiger partial charge in [-0.2, -0.15) is 0 Å². The Morgan fingerprint density at radius 3 is 2.18 bits per heavy atom. The van der Waals surface area contributed by atoms with Gasteiger partial charge < -0.3 is 70.1 Å². The molecule has 3 aliphatic rings. The standard InChI is InChI=1S/C63H93ClN6O13/c1-36(2)27-48-59(76)66-46(29-43-23-25-45(26-24-43)65-60(77)49(31-44-21-17-18-22-47(44)64)67-51(71)30-42-19-15-14-16-20-42)32-52(72)70(12)35-37(3)33-62(8,78)57(83-61-54(73)50(69(10)11)28-38(4)80-61)39(5)55(40(6)58(75)68-48)82-53-34-63(9,79-13)56(74)41(7)81-53/h14-26,36-41,46,48-50,53-57,61,73-74,78H,27-35H2,1-13H3,(H,65,77)(H,66,76)(H,67,71)(H,68,75)/t37-,38-,39+,40-,41+,46-,48+,49+,50+,53+,54-,55+,56+,57-,61+,62-,63-/m1/s1. The highest BCUT2D eigenvalue weighted by molar-refractivity contribution is 6.31. The minimum Gasteiger partial charge on any atom is -0.387 e. The van der Waals surface area contributed by atoms with E-state index >= 15 is 4.79 Å². The number of likely N-dealkylation sites (N-methyl/N-ethyl adjacent to an activating group) is 1. The van der Waals surface area contributed by atoms with Crippen LogP contribution in [0.2, 0.25) is 5.02 Å². The Morgan fingerprint density at radius 1 is 0.880 bits per heavy atom. The maximum absolute atomic E-state index is 15.0. The lowest BCUT2D eigenvalue weighted by Crippen LogP contribution is -2.61. The molecule has 3 aromatic rings. The lowest BCUT2D eigenvalue weighted by atomic mass is 9.77. The molecule has 6 rings (SSSR count). The van der Waals surface area contributed by atoms with E-state index in [2.05, 4.69) is 21.3 Å². The van der Waals surface area contributed by atoms with Gasteiger partial charge in [-0.1, -0.05) is 107 Å². The summed E-state index contributed by atoms with van der Waals surface area (Å²) in [5, 5.41) is 48.4. The van der Waals surface area contributed by atoms with E-state index in [1.165, 1.54) is 7.11 Å². The zero-order valence-electron chi connectivity index (χ0n) is 50.8. The minimum atomic E-state index is -1.71. The highest BCUT2D eigenvalue weighted by Crippen LogP contribution is 2.39. The van der Waals surface area contributed by atoms with Crippen LogP contribution >= 0.6 is 11.6 Å². The number of halogens is 1. The van der Waals surface area contributed by atoms with Crippen molar-refractivity contribution in [2.45, 2.75) is 198 Å². The number of benzene rings is 3. The van der Waals surface area contributed by atoms with E-state index in [0.717, 1.165) is 11.1 Å². The van der Waals surface area contributed by atoms with Gasteiger partial charge in [0.05, 0.1) is 48.0 Å². The largest absolute Gasteiger partial charge is 0.387 e. The molecule has 19 nitrogen and oxygen atoms in total. The van der Waals surface area contributed by atoms with Gasteiger partial charge in [-0.3, -0.25) is 24.0 Å². The monoisotopic (exact) mass is 1180 g/mol. The van der Waals surface area contributed by atoms with Gasteiger partial charge in [0.15, 0.2) is 12.6 Å². The normalized spacial score (nSPS) is 33.0. The number of methoxy groups -OCH3 is 1. The first kappa shape index (κ1) is 67.1. The van der Waals surface area contributed by atoms with Gasteiger partial charge in [0.2, 0.25) is 29.5 Å². The van der Waals surface area contributed by atoms with Crippen molar-refractivity contribution in [1.82, 2.24) is 25.8 Å². The van der Waals surface area contributed by atoms with E-state index in [4.69, 9.17) is 35.3 Å². The van der Waals surface area contributed by atoms with Gasteiger partial charge in [-0.15, -0.1) is 0 Å². The summed E-state index contributed by atoms with van der Waals surface area (Å²) >= 11 is 6.52. The molecule has 0 unspecified atom stereocenters. The number of carbonyl (C=O) groups excluding carboxylic acids is 5. The molecule has 460 valence electrons. The second-order valence-corrected chi connectivity index (χ2v) is 25.2. The Balaban J connectivity index is 1.30. The number of hydrogen-bond donors (Lipinski definition) is 7. The highest BCUT2D eigenvalue weighted by Gasteiger charge is 2.51. The summed E-state index contributed by atoms with van der Waals surface area (Å²) in [6, 6.07) is 20.2. The molecule has 3 heterocycles. The highest BCUT2D eigenvalue weighted by atomic mass is 35.5. The average molecular weight is 1180 g/mol. The molecule has 3 saturated heterocycles. The van der Waals surface area contributed by atoms with Gasteiger partial charge in [0.25, 0.3) is 0 Å². The number of hydrogen-bond acceptors (Lipinski definition) is 14. The Hall–Kier alpha value is -5.06. The van der Waals surface area contributed by atoms with Crippen LogP contribution in [0.15, 0.2) is 78.9 Å². The van der Waals surface area contributed by atoms with Gasteiger partial charge in [0, 0.05) is 68.7 Å². The van der Waals surface area contributed by atoms with Crippen LogP contribution in [0.1, 0.15) is 111 Å². The van der Waals surface area contributed by atoms with Crippen molar-refractivity contribution in [3.8, 4) is 0 Å². The van der Waals surface area contributed by atoms with Crippen molar-refractivity contribution in [2.24, 2.45) is 23.7 Å². The van der Waals surface area contributed by atoms with Crippen LogP contribution in [0, 0.1) is 23.7 Å². The van der Waals surface area contributed by atoms with Crippen LogP contribution < -0.4 is 21.3 Å². The number of nitrogens with one attached hydrogen (secondary N) is 4. The number of nitrogens with zero attached hydrogens (tertiary/aromatic N) is 2. The first-order valence-corrected chi connectivity index (χ1v) is 29.7. The van der Waals surface area contributed by atoms with Crippen LogP contribution in [-0.4, -0.2) is 174 Å². The third-order valence-corrected chi connectivity index (χ3v) is 17.0. The fourth-order valence-corrected chi connectivity index (χ4v) is 12.3. The molecule has 7 N–H and O–H groups in total. The average Bonchev–Trinajstić information content (AvgIpc) is 3.52. The quantitative estimate of drug-likeness (QED) is 0.0843. The second kappa shape index (κ2) is 29.8. The van der Waals surface area contributed by atoms with E-state index in [9.17, 15) is 34.5 Å². The molecule has 0 aromatic heterocycles. The molecule has 5 amide bonds. The van der Waals surface area contributed by atoms with E-state index in [0.29, 0.717) is 22.7 Å². The van der Waals surface area contributed by atoms with Crippen molar-refractivity contribution in [3.05, 3.63) is 101 Å². The smallest absolute Gasteiger partial charge is 0.247 e. The summed E-state index contributed by atoms with van der Waals surface area (Å²) in [7, 11) is 6.91. The molecule has 0 saturated carbocycles. The molecule has 3 aliphatic heterocycles. The van der Waals surface area contributed by atoms with E-state index in [1.807, 2.05) is 83.1 Å². The molecule has 0 bridgehead atoms.